The molecule has 0 fully saturated rings. The standard InChI is InChI=1S/C10H14BrNO2/c1-3-7(2)6-12-10(13)8-4-5-9(11)14-8/h4-5,7H,3,6H2,1-2H3,(H,12,13). The normalized spacial score (nSPS) is 12.5. The molecule has 0 aliphatic heterocycles. The Balaban J connectivity index is 2.43. The lowest BCUT2D eigenvalue weighted by Gasteiger charge is -2.08. The van der Waals surface area contributed by atoms with Gasteiger partial charge in [-0.15, -0.1) is 0 Å². The van der Waals surface area contributed by atoms with Gasteiger partial charge in [-0.1, -0.05) is 20.3 Å². The largest absolute Gasteiger partial charge is 0.444 e. The number of carbonyl (C=O) groups excluding carboxylic acids is 1. The molecule has 1 atom stereocenters. The van der Waals surface area contributed by atoms with E-state index in [-0.39, 0.29) is 5.91 Å². The smallest absolute Gasteiger partial charge is 0.287 e. The van der Waals surface area contributed by atoms with E-state index in [1.54, 1.807) is 12.1 Å². The second-order valence-electron chi connectivity index (χ2n) is 3.33. The van der Waals surface area contributed by atoms with Gasteiger partial charge in [-0.25, -0.2) is 0 Å². The van der Waals surface area contributed by atoms with Gasteiger partial charge in [-0.05, 0) is 34.0 Å². The summed E-state index contributed by atoms with van der Waals surface area (Å²) in [7, 11) is 0. The Kier molecular flexibility index (Phi) is 4.20. The Hall–Kier alpha value is -0.770. The lowest BCUT2D eigenvalue weighted by atomic mass is 10.1. The highest BCUT2D eigenvalue weighted by atomic mass is 79.9. The van der Waals surface area contributed by atoms with Crippen LogP contribution >= 0.6 is 15.9 Å². The van der Waals surface area contributed by atoms with Gasteiger partial charge < -0.3 is 9.73 Å². The van der Waals surface area contributed by atoms with Crippen LogP contribution in [0.5, 0.6) is 0 Å². The lowest BCUT2D eigenvalue weighted by Crippen LogP contribution is -2.27. The molecule has 4 heteroatoms. The van der Waals surface area contributed by atoms with Gasteiger partial charge in [-0.2, -0.15) is 0 Å². The third-order valence-corrected chi connectivity index (χ3v) is 2.53. The van der Waals surface area contributed by atoms with Gasteiger partial charge in [0, 0.05) is 6.54 Å². The number of hydrogen-bond donors (Lipinski definition) is 1. The first kappa shape index (κ1) is 11.3. The summed E-state index contributed by atoms with van der Waals surface area (Å²) in [5, 5.41) is 2.81. The number of nitrogens with one attached hydrogen (secondary N) is 1. The van der Waals surface area contributed by atoms with Gasteiger partial charge in [-0.3, -0.25) is 4.79 Å². The fourth-order valence-electron chi connectivity index (χ4n) is 0.935. The van der Waals surface area contributed by atoms with Crippen LogP contribution in [0.15, 0.2) is 21.2 Å². The van der Waals surface area contributed by atoms with Crippen LogP contribution in [-0.4, -0.2) is 12.5 Å². The molecule has 1 rings (SSSR count). The van der Waals surface area contributed by atoms with E-state index < -0.39 is 0 Å². The van der Waals surface area contributed by atoms with Crippen LogP contribution in [0.3, 0.4) is 0 Å². The van der Waals surface area contributed by atoms with E-state index in [4.69, 9.17) is 4.42 Å². The molecule has 1 aromatic heterocycles. The summed E-state index contributed by atoms with van der Waals surface area (Å²) < 4.78 is 5.69. The lowest BCUT2D eigenvalue weighted by molar-refractivity contribution is 0.0919. The summed E-state index contributed by atoms with van der Waals surface area (Å²) in [6.07, 6.45) is 1.06. The highest BCUT2D eigenvalue weighted by molar-refractivity contribution is 9.10. The molecule has 0 saturated carbocycles. The van der Waals surface area contributed by atoms with Crippen LogP contribution in [0.4, 0.5) is 0 Å². The molecule has 0 aromatic carbocycles. The van der Waals surface area contributed by atoms with E-state index in [9.17, 15) is 4.79 Å². The summed E-state index contributed by atoms with van der Waals surface area (Å²) in [6.45, 7) is 4.88. The summed E-state index contributed by atoms with van der Waals surface area (Å²) in [6, 6.07) is 3.36. The second kappa shape index (κ2) is 5.20. The minimum atomic E-state index is -0.156. The van der Waals surface area contributed by atoms with Gasteiger partial charge in [0.1, 0.15) is 0 Å². The zero-order chi connectivity index (χ0) is 10.6. The molecule has 0 bridgehead atoms. The number of furan rings is 1. The van der Waals surface area contributed by atoms with E-state index >= 15 is 0 Å². The zero-order valence-electron chi connectivity index (χ0n) is 8.34. The van der Waals surface area contributed by atoms with Gasteiger partial charge in [0.2, 0.25) is 0 Å². The van der Waals surface area contributed by atoms with Gasteiger partial charge in [0.05, 0.1) is 0 Å². The summed E-state index contributed by atoms with van der Waals surface area (Å²) in [5.74, 6) is 0.688. The predicted octanol–water partition coefficient (Wildman–Crippen LogP) is 2.82. The first-order valence-corrected chi connectivity index (χ1v) is 5.46. The Labute approximate surface area is 92.0 Å². The van der Waals surface area contributed by atoms with Crippen molar-refractivity contribution in [1.29, 1.82) is 0 Å². The predicted molar refractivity (Wildman–Crippen MR) is 58.2 cm³/mol. The first-order chi connectivity index (χ1) is 6.63. The van der Waals surface area contributed by atoms with Crippen molar-refractivity contribution in [3.8, 4) is 0 Å². The number of rotatable bonds is 4. The Morgan fingerprint density at radius 3 is 2.86 bits per heavy atom. The maximum Gasteiger partial charge on any atom is 0.287 e. The monoisotopic (exact) mass is 259 g/mol. The molecular formula is C10H14BrNO2. The summed E-state index contributed by atoms with van der Waals surface area (Å²) in [4.78, 5) is 11.5. The minimum absolute atomic E-state index is 0.156. The molecule has 0 saturated heterocycles. The molecule has 78 valence electrons. The minimum Gasteiger partial charge on any atom is -0.444 e. The highest BCUT2D eigenvalue weighted by Crippen LogP contribution is 2.13. The van der Waals surface area contributed by atoms with Crippen molar-refractivity contribution in [1.82, 2.24) is 5.32 Å². The topological polar surface area (TPSA) is 42.2 Å². The third kappa shape index (κ3) is 3.18. The molecule has 0 aliphatic carbocycles. The number of carbonyl (C=O) groups is 1. The van der Waals surface area contributed by atoms with E-state index in [0.29, 0.717) is 22.9 Å². The number of amides is 1. The molecule has 3 nitrogen and oxygen atoms in total. The van der Waals surface area contributed by atoms with Crippen molar-refractivity contribution >= 4 is 21.8 Å². The molecule has 1 heterocycles. The third-order valence-electron chi connectivity index (χ3n) is 2.10. The van der Waals surface area contributed by atoms with Crippen LogP contribution in [0.2, 0.25) is 0 Å². The fourth-order valence-corrected chi connectivity index (χ4v) is 1.24. The Bertz CT molecular complexity index is 309. The zero-order valence-corrected chi connectivity index (χ0v) is 9.93. The van der Waals surface area contributed by atoms with Crippen LogP contribution in [0, 0.1) is 5.92 Å². The summed E-state index contributed by atoms with van der Waals surface area (Å²) >= 11 is 3.15. The van der Waals surface area contributed by atoms with E-state index in [2.05, 4.69) is 35.1 Å². The van der Waals surface area contributed by atoms with Crippen molar-refractivity contribution in [2.75, 3.05) is 6.54 Å². The SMILES string of the molecule is CCC(C)CNC(=O)c1ccc(Br)o1. The van der Waals surface area contributed by atoms with E-state index in [0.717, 1.165) is 6.42 Å². The van der Waals surface area contributed by atoms with Gasteiger partial charge in [0.25, 0.3) is 5.91 Å². The first-order valence-electron chi connectivity index (χ1n) is 4.67. The van der Waals surface area contributed by atoms with Crippen LogP contribution in [0.25, 0.3) is 0 Å². The van der Waals surface area contributed by atoms with Crippen molar-refractivity contribution in [3.63, 3.8) is 0 Å². The van der Waals surface area contributed by atoms with Crippen LogP contribution in [-0.2, 0) is 0 Å². The molecule has 0 aliphatic rings. The highest BCUT2D eigenvalue weighted by Gasteiger charge is 2.10. The van der Waals surface area contributed by atoms with Crippen LogP contribution in [0.1, 0.15) is 30.8 Å². The maximum absolute atomic E-state index is 11.5. The summed E-state index contributed by atoms with van der Waals surface area (Å²) in [5.41, 5.74) is 0. The maximum atomic E-state index is 11.5. The van der Waals surface area contributed by atoms with Gasteiger partial charge in [0.15, 0.2) is 10.4 Å². The van der Waals surface area contributed by atoms with Crippen molar-refractivity contribution < 1.29 is 9.21 Å². The fraction of sp³-hybridized carbons (Fsp3) is 0.500. The van der Waals surface area contributed by atoms with E-state index in [1.807, 2.05) is 0 Å². The molecule has 1 aromatic rings. The average molecular weight is 260 g/mol. The molecule has 1 N–H and O–H groups in total. The molecular weight excluding hydrogens is 246 g/mol. The van der Waals surface area contributed by atoms with Crippen molar-refractivity contribution in [2.24, 2.45) is 5.92 Å². The second-order valence-corrected chi connectivity index (χ2v) is 4.11. The van der Waals surface area contributed by atoms with Crippen molar-refractivity contribution in [2.45, 2.75) is 20.3 Å². The Morgan fingerprint density at radius 2 is 2.36 bits per heavy atom. The molecule has 1 unspecified atom stereocenters. The molecule has 14 heavy (non-hydrogen) atoms. The quantitative estimate of drug-likeness (QED) is 0.904. The van der Waals surface area contributed by atoms with E-state index in [1.165, 1.54) is 0 Å². The molecule has 0 radical (unpaired) electrons. The molecule has 0 spiro atoms. The average Bonchev–Trinajstić information content (AvgIpc) is 2.60. The molecule has 1 amide bonds. The number of hydrogen-bond acceptors (Lipinski definition) is 2. The van der Waals surface area contributed by atoms with Crippen LogP contribution < -0.4 is 5.32 Å². The van der Waals surface area contributed by atoms with Gasteiger partial charge >= 0.3 is 0 Å². The Morgan fingerprint density at radius 1 is 1.64 bits per heavy atom. The number of halogens is 1. The van der Waals surface area contributed by atoms with Crippen molar-refractivity contribution in [3.05, 3.63) is 22.6 Å².